The molecule has 0 aliphatic heterocycles. The van der Waals surface area contributed by atoms with Gasteiger partial charge in [0.15, 0.2) is 0 Å². The van der Waals surface area contributed by atoms with Crippen LogP contribution in [0, 0.1) is 13.8 Å². The van der Waals surface area contributed by atoms with Crippen LogP contribution in [0.15, 0.2) is 30.7 Å². The minimum absolute atomic E-state index is 0.0767. The zero-order valence-corrected chi connectivity index (χ0v) is 12.8. The average molecular weight is 298 g/mol. The molecule has 0 amide bonds. The maximum absolute atomic E-state index is 5.33. The second-order valence-corrected chi connectivity index (χ2v) is 5.09. The van der Waals surface area contributed by atoms with E-state index < -0.39 is 0 Å². The fourth-order valence-corrected chi connectivity index (χ4v) is 2.35. The first kappa shape index (κ1) is 14.4. The zero-order valence-electron chi connectivity index (χ0n) is 12.8. The SMILES string of the molecule is COCC(Nc1c(C)c(C)nn2cnnc12)c1ccccn1. The summed E-state index contributed by atoms with van der Waals surface area (Å²) in [5, 5.41) is 16.0. The van der Waals surface area contributed by atoms with Crippen LogP contribution in [0.2, 0.25) is 0 Å². The third-order valence-corrected chi connectivity index (χ3v) is 3.63. The van der Waals surface area contributed by atoms with E-state index in [0.717, 1.165) is 22.6 Å². The predicted octanol–water partition coefficient (Wildman–Crippen LogP) is 1.94. The summed E-state index contributed by atoms with van der Waals surface area (Å²) in [7, 11) is 1.68. The Morgan fingerprint density at radius 2 is 2.18 bits per heavy atom. The first-order valence-electron chi connectivity index (χ1n) is 7.04. The molecule has 0 saturated carbocycles. The van der Waals surface area contributed by atoms with Gasteiger partial charge in [0.25, 0.3) is 0 Å². The number of hydrogen-bond donors (Lipinski definition) is 1. The van der Waals surface area contributed by atoms with Gasteiger partial charge >= 0.3 is 0 Å². The Balaban J connectivity index is 2.03. The number of hydrogen-bond acceptors (Lipinski definition) is 6. The zero-order chi connectivity index (χ0) is 15.5. The number of aryl methyl sites for hydroxylation is 1. The van der Waals surface area contributed by atoms with Crippen LogP contribution in [0.5, 0.6) is 0 Å². The maximum Gasteiger partial charge on any atom is 0.200 e. The summed E-state index contributed by atoms with van der Waals surface area (Å²) >= 11 is 0. The van der Waals surface area contributed by atoms with Gasteiger partial charge in [0.2, 0.25) is 5.65 Å². The smallest absolute Gasteiger partial charge is 0.200 e. The van der Waals surface area contributed by atoms with Crippen molar-refractivity contribution in [1.82, 2.24) is 24.8 Å². The molecular formula is C15H18N6O. The van der Waals surface area contributed by atoms with Gasteiger partial charge in [-0.05, 0) is 31.5 Å². The van der Waals surface area contributed by atoms with Gasteiger partial charge in [0, 0.05) is 13.3 Å². The largest absolute Gasteiger partial charge is 0.382 e. The molecule has 3 heterocycles. The molecule has 22 heavy (non-hydrogen) atoms. The molecule has 1 N–H and O–H groups in total. The van der Waals surface area contributed by atoms with Crippen LogP contribution in [-0.4, -0.2) is 38.5 Å². The lowest BCUT2D eigenvalue weighted by atomic mass is 10.1. The predicted molar refractivity (Wildman–Crippen MR) is 82.7 cm³/mol. The number of nitrogens with one attached hydrogen (secondary N) is 1. The van der Waals surface area contributed by atoms with Crippen LogP contribution < -0.4 is 5.32 Å². The van der Waals surface area contributed by atoms with E-state index in [1.165, 1.54) is 0 Å². The quantitative estimate of drug-likeness (QED) is 0.775. The highest BCUT2D eigenvalue weighted by Gasteiger charge is 2.18. The highest BCUT2D eigenvalue weighted by Crippen LogP contribution is 2.26. The molecule has 3 aromatic heterocycles. The number of aromatic nitrogens is 5. The summed E-state index contributed by atoms with van der Waals surface area (Å²) < 4.78 is 7.01. The third-order valence-electron chi connectivity index (χ3n) is 3.63. The van der Waals surface area contributed by atoms with Crippen molar-refractivity contribution in [1.29, 1.82) is 0 Å². The van der Waals surface area contributed by atoms with Gasteiger partial charge < -0.3 is 10.1 Å². The van der Waals surface area contributed by atoms with Crippen molar-refractivity contribution in [2.24, 2.45) is 0 Å². The Morgan fingerprint density at radius 1 is 1.32 bits per heavy atom. The van der Waals surface area contributed by atoms with Crippen LogP contribution in [0.25, 0.3) is 5.65 Å². The first-order valence-corrected chi connectivity index (χ1v) is 7.04. The number of nitrogens with zero attached hydrogens (tertiary/aromatic N) is 5. The van der Waals surface area contributed by atoms with Gasteiger partial charge in [-0.3, -0.25) is 4.98 Å². The molecule has 0 spiro atoms. The van der Waals surface area contributed by atoms with Crippen molar-refractivity contribution in [3.8, 4) is 0 Å². The van der Waals surface area contributed by atoms with E-state index >= 15 is 0 Å². The number of rotatable bonds is 5. The average Bonchev–Trinajstić information content (AvgIpc) is 2.99. The minimum Gasteiger partial charge on any atom is -0.382 e. The highest BCUT2D eigenvalue weighted by molar-refractivity contribution is 5.71. The molecule has 0 aliphatic rings. The Labute approximate surface area is 128 Å². The first-order chi connectivity index (χ1) is 10.7. The van der Waals surface area contributed by atoms with Crippen molar-refractivity contribution >= 4 is 11.3 Å². The van der Waals surface area contributed by atoms with Crippen LogP contribution in [0.3, 0.4) is 0 Å². The topological polar surface area (TPSA) is 77.2 Å². The van der Waals surface area contributed by atoms with E-state index in [0.29, 0.717) is 12.3 Å². The summed E-state index contributed by atoms with van der Waals surface area (Å²) in [5.74, 6) is 0. The molecule has 0 aromatic carbocycles. The molecule has 0 aliphatic carbocycles. The number of pyridine rings is 1. The van der Waals surface area contributed by atoms with Crippen LogP contribution >= 0.6 is 0 Å². The molecule has 0 fully saturated rings. The lowest BCUT2D eigenvalue weighted by Crippen LogP contribution is -2.19. The van der Waals surface area contributed by atoms with Crippen LogP contribution in [0.4, 0.5) is 5.69 Å². The van der Waals surface area contributed by atoms with E-state index in [9.17, 15) is 0 Å². The molecule has 1 atom stereocenters. The molecule has 0 bridgehead atoms. The number of methoxy groups -OCH3 is 1. The Hall–Kier alpha value is -2.54. The lowest BCUT2D eigenvalue weighted by molar-refractivity contribution is 0.185. The summed E-state index contributed by atoms with van der Waals surface area (Å²) in [6.07, 6.45) is 3.37. The van der Waals surface area contributed by atoms with E-state index in [2.05, 4.69) is 25.6 Å². The van der Waals surface area contributed by atoms with E-state index in [1.807, 2.05) is 32.0 Å². The van der Waals surface area contributed by atoms with Gasteiger partial charge in [-0.2, -0.15) is 9.61 Å². The summed E-state index contributed by atoms with van der Waals surface area (Å²) in [6.45, 7) is 4.48. The molecule has 1 unspecified atom stereocenters. The third kappa shape index (κ3) is 2.62. The molecule has 3 aromatic rings. The normalized spacial score (nSPS) is 12.5. The minimum atomic E-state index is -0.0767. The summed E-state index contributed by atoms with van der Waals surface area (Å²) in [6, 6.07) is 5.75. The standard InChI is InChI=1S/C15H18N6O/c1-10-11(2)20-21-9-17-19-15(21)14(10)18-13(8-22-3)12-6-4-5-7-16-12/h4-7,9,13,18H,8H2,1-3H3. The highest BCUT2D eigenvalue weighted by atomic mass is 16.5. The molecular weight excluding hydrogens is 280 g/mol. The molecule has 0 radical (unpaired) electrons. The molecule has 3 rings (SSSR count). The van der Waals surface area contributed by atoms with Crippen molar-refractivity contribution in [2.75, 3.05) is 19.0 Å². The van der Waals surface area contributed by atoms with E-state index in [1.54, 1.807) is 24.1 Å². The van der Waals surface area contributed by atoms with Gasteiger partial charge in [0.1, 0.15) is 6.33 Å². The molecule has 7 nitrogen and oxygen atoms in total. The van der Waals surface area contributed by atoms with Crippen molar-refractivity contribution in [3.63, 3.8) is 0 Å². The maximum atomic E-state index is 5.33. The summed E-state index contributed by atoms with van der Waals surface area (Å²) in [4.78, 5) is 4.41. The van der Waals surface area contributed by atoms with E-state index in [4.69, 9.17) is 4.74 Å². The molecule has 7 heteroatoms. The van der Waals surface area contributed by atoms with E-state index in [-0.39, 0.29) is 6.04 Å². The number of fused-ring (bicyclic) bond motifs is 1. The summed E-state index contributed by atoms with van der Waals surface area (Å²) in [5.41, 5.74) is 4.47. The number of anilines is 1. The monoisotopic (exact) mass is 298 g/mol. The van der Waals surface area contributed by atoms with Gasteiger partial charge in [0.05, 0.1) is 29.7 Å². The van der Waals surface area contributed by atoms with Crippen LogP contribution in [-0.2, 0) is 4.74 Å². The molecule has 0 saturated heterocycles. The van der Waals surface area contributed by atoms with Gasteiger partial charge in [-0.15, -0.1) is 10.2 Å². The van der Waals surface area contributed by atoms with Crippen molar-refractivity contribution < 1.29 is 4.74 Å². The van der Waals surface area contributed by atoms with Gasteiger partial charge in [-0.25, -0.2) is 0 Å². The Morgan fingerprint density at radius 3 is 2.91 bits per heavy atom. The Bertz CT molecular complexity index is 770. The fraction of sp³-hybridized carbons (Fsp3) is 0.333. The van der Waals surface area contributed by atoms with Crippen LogP contribution in [0.1, 0.15) is 23.0 Å². The van der Waals surface area contributed by atoms with Crippen molar-refractivity contribution in [2.45, 2.75) is 19.9 Å². The Kier molecular flexibility index (Phi) is 3.97. The number of ether oxygens (including phenoxy) is 1. The van der Waals surface area contributed by atoms with Crippen molar-refractivity contribution in [3.05, 3.63) is 47.7 Å². The fourth-order valence-electron chi connectivity index (χ4n) is 2.35. The second kappa shape index (κ2) is 6.07. The molecule has 114 valence electrons. The van der Waals surface area contributed by atoms with Gasteiger partial charge in [-0.1, -0.05) is 6.07 Å². The second-order valence-electron chi connectivity index (χ2n) is 5.09. The lowest BCUT2D eigenvalue weighted by Gasteiger charge is -2.20.